The molecule has 2 rings (SSSR count). The second-order valence-electron chi connectivity index (χ2n) is 3.61. The Morgan fingerprint density at radius 3 is 2.72 bits per heavy atom. The minimum atomic E-state index is -0.453. The van der Waals surface area contributed by atoms with Gasteiger partial charge in [-0.15, -0.1) is 0 Å². The number of nitro groups is 1. The highest BCUT2D eigenvalue weighted by molar-refractivity contribution is 7.99. The summed E-state index contributed by atoms with van der Waals surface area (Å²) in [6.45, 7) is 1.60. The van der Waals surface area contributed by atoms with Crippen LogP contribution < -0.4 is 0 Å². The minimum absolute atomic E-state index is 0.00950. The van der Waals surface area contributed by atoms with E-state index in [9.17, 15) is 15.2 Å². The summed E-state index contributed by atoms with van der Waals surface area (Å²) >= 11 is 1.34. The summed E-state index contributed by atoms with van der Waals surface area (Å²) in [7, 11) is 0. The highest BCUT2D eigenvalue weighted by Crippen LogP contribution is 2.30. The predicted molar refractivity (Wildman–Crippen MR) is 67.9 cm³/mol. The summed E-state index contributed by atoms with van der Waals surface area (Å²) in [6, 6.07) is 9.80. The van der Waals surface area contributed by atoms with E-state index in [1.165, 1.54) is 17.8 Å². The molecule has 0 atom stereocenters. The van der Waals surface area contributed by atoms with Gasteiger partial charge in [-0.05, 0) is 31.2 Å². The molecule has 0 amide bonds. The lowest BCUT2D eigenvalue weighted by atomic mass is 10.3. The lowest BCUT2D eigenvalue weighted by molar-refractivity contribution is -0.385. The molecule has 5 nitrogen and oxygen atoms in total. The van der Waals surface area contributed by atoms with Crippen LogP contribution in [0.4, 0.5) is 5.69 Å². The number of aryl methyl sites for hydroxylation is 1. The zero-order chi connectivity index (χ0) is 13.1. The van der Waals surface area contributed by atoms with Gasteiger partial charge >= 0.3 is 0 Å². The summed E-state index contributed by atoms with van der Waals surface area (Å²) in [6.07, 6.45) is 0. The van der Waals surface area contributed by atoms with E-state index < -0.39 is 4.92 Å². The second-order valence-corrected chi connectivity index (χ2v) is 4.70. The topological polar surface area (TPSA) is 76.3 Å². The molecule has 1 N–H and O–H groups in total. The summed E-state index contributed by atoms with van der Waals surface area (Å²) in [5, 5.41) is 20.7. The van der Waals surface area contributed by atoms with E-state index in [1.807, 2.05) is 6.07 Å². The van der Waals surface area contributed by atoms with Gasteiger partial charge in [-0.2, -0.15) is 0 Å². The molecule has 6 heteroatoms. The fourth-order valence-corrected chi connectivity index (χ4v) is 2.33. The van der Waals surface area contributed by atoms with Gasteiger partial charge < -0.3 is 5.11 Å². The van der Waals surface area contributed by atoms with Gasteiger partial charge in [-0.3, -0.25) is 10.1 Å². The number of aromatic hydroxyl groups is 1. The van der Waals surface area contributed by atoms with Crippen LogP contribution in [-0.4, -0.2) is 15.0 Å². The minimum Gasteiger partial charge on any atom is -0.508 e. The van der Waals surface area contributed by atoms with Gasteiger partial charge in [0.15, 0.2) is 0 Å². The number of nitrogens with zero attached hydrogens (tertiary/aromatic N) is 2. The summed E-state index contributed by atoms with van der Waals surface area (Å²) in [4.78, 5) is 15.2. The molecule has 2 aromatic rings. The van der Waals surface area contributed by atoms with Crippen LogP contribution >= 0.6 is 11.8 Å². The number of phenolic OH excluding ortho intramolecular Hbond substituents is 1. The van der Waals surface area contributed by atoms with E-state index in [2.05, 4.69) is 4.98 Å². The van der Waals surface area contributed by atoms with E-state index in [0.717, 1.165) is 4.90 Å². The molecule has 0 unspecified atom stereocenters. The lowest BCUT2D eigenvalue weighted by Gasteiger charge is -2.03. The average Bonchev–Trinajstić information content (AvgIpc) is 2.28. The Labute approximate surface area is 108 Å². The Balaban J connectivity index is 2.25. The highest BCUT2D eigenvalue weighted by atomic mass is 32.2. The van der Waals surface area contributed by atoms with E-state index in [-0.39, 0.29) is 11.4 Å². The number of aromatic nitrogens is 1. The third kappa shape index (κ3) is 2.78. The molecule has 1 aromatic heterocycles. The van der Waals surface area contributed by atoms with Gasteiger partial charge in [0.05, 0.1) is 4.92 Å². The Morgan fingerprint density at radius 1 is 1.33 bits per heavy atom. The van der Waals surface area contributed by atoms with Crippen molar-refractivity contribution in [2.45, 2.75) is 16.8 Å². The first-order chi connectivity index (χ1) is 8.56. The standard InChI is InChI=1S/C12H10N2O3S/c1-8-11(14(16)17)5-6-12(13-8)18-10-4-2-3-9(15)7-10/h2-7,15H,1H3. The first-order valence-electron chi connectivity index (χ1n) is 5.15. The van der Waals surface area contributed by atoms with Crippen molar-refractivity contribution in [1.29, 1.82) is 0 Å². The van der Waals surface area contributed by atoms with Crippen molar-refractivity contribution in [3.05, 3.63) is 52.2 Å². The largest absolute Gasteiger partial charge is 0.508 e. The van der Waals surface area contributed by atoms with Crippen LogP contribution in [0.1, 0.15) is 5.69 Å². The zero-order valence-corrected chi connectivity index (χ0v) is 10.3. The molecule has 1 heterocycles. The molecule has 92 valence electrons. The molecule has 0 saturated carbocycles. The molecule has 0 aliphatic carbocycles. The molecule has 0 fully saturated rings. The van der Waals surface area contributed by atoms with Crippen molar-refractivity contribution in [3.63, 3.8) is 0 Å². The Hall–Kier alpha value is -2.08. The van der Waals surface area contributed by atoms with Crippen molar-refractivity contribution in [1.82, 2.24) is 4.98 Å². The molecule has 0 bridgehead atoms. The van der Waals surface area contributed by atoms with E-state index >= 15 is 0 Å². The number of hydrogen-bond acceptors (Lipinski definition) is 5. The third-order valence-electron chi connectivity index (χ3n) is 2.27. The van der Waals surface area contributed by atoms with Crippen LogP contribution in [0.5, 0.6) is 5.75 Å². The third-order valence-corrected chi connectivity index (χ3v) is 3.20. The zero-order valence-electron chi connectivity index (χ0n) is 9.53. The number of pyridine rings is 1. The molecular formula is C12H10N2O3S. The number of phenols is 1. The van der Waals surface area contributed by atoms with E-state index in [1.54, 1.807) is 31.2 Å². The number of hydrogen-bond donors (Lipinski definition) is 1. The Kier molecular flexibility index (Phi) is 3.47. The van der Waals surface area contributed by atoms with E-state index in [4.69, 9.17) is 0 Å². The van der Waals surface area contributed by atoms with Gasteiger partial charge in [0.2, 0.25) is 0 Å². The van der Waals surface area contributed by atoms with Crippen molar-refractivity contribution in [3.8, 4) is 5.75 Å². The summed E-state index contributed by atoms with van der Waals surface area (Å²) < 4.78 is 0. The Bertz CT molecular complexity index is 602. The predicted octanol–water partition coefficient (Wildman–Crippen LogP) is 3.16. The van der Waals surface area contributed by atoms with E-state index in [0.29, 0.717) is 10.7 Å². The highest BCUT2D eigenvalue weighted by Gasteiger charge is 2.12. The maximum Gasteiger partial charge on any atom is 0.290 e. The Morgan fingerprint density at radius 2 is 2.11 bits per heavy atom. The fourth-order valence-electron chi connectivity index (χ4n) is 1.45. The normalized spacial score (nSPS) is 10.3. The molecule has 0 spiro atoms. The molecule has 0 saturated heterocycles. The monoisotopic (exact) mass is 262 g/mol. The van der Waals surface area contributed by atoms with Gasteiger partial charge in [0.25, 0.3) is 5.69 Å². The van der Waals surface area contributed by atoms with Crippen molar-refractivity contribution in [2.75, 3.05) is 0 Å². The summed E-state index contributed by atoms with van der Waals surface area (Å²) in [5.41, 5.74) is 0.389. The molecule has 0 aliphatic rings. The lowest BCUT2D eigenvalue weighted by Crippen LogP contribution is -1.94. The first-order valence-corrected chi connectivity index (χ1v) is 5.97. The van der Waals surface area contributed by atoms with Gasteiger partial charge in [-0.25, -0.2) is 4.98 Å². The molecule has 1 aromatic carbocycles. The van der Waals surface area contributed by atoms with Crippen LogP contribution in [0.15, 0.2) is 46.3 Å². The maximum atomic E-state index is 10.7. The smallest absolute Gasteiger partial charge is 0.290 e. The second kappa shape index (κ2) is 5.05. The van der Waals surface area contributed by atoms with Crippen molar-refractivity contribution in [2.24, 2.45) is 0 Å². The quantitative estimate of drug-likeness (QED) is 0.679. The molecular weight excluding hydrogens is 252 g/mol. The molecule has 0 radical (unpaired) electrons. The van der Waals surface area contributed by atoms with Crippen molar-refractivity contribution >= 4 is 17.4 Å². The van der Waals surface area contributed by atoms with Crippen LogP contribution in [0, 0.1) is 17.0 Å². The van der Waals surface area contributed by atoms with Crippen LogP contribution in [0.3, 0.4) is 0 Å². The first kappa shape index (κ1) is 12.4. The van der Waals surface area contributed by atoms with Crippen LogP contribution in [0.2, 0.25) is 0 Å². The maximum absolute atomic E-state index is 10.7. The van der Waals surface area contributed by atoms with Crippen LogP contribution in [-0.2, 0) is 0 Å². The van der Waals surface area contributed by atoms with Gasteiger partial charge in [0, 0.05) is 11.0 Å². The summed E-state index contributed by atoms with van der Waals surface area (Å²) in [5.74, 6) is 0.179. The number of benzene rings is 1. The van der Waals surface area contributed by atoms with Gasteiger partial charge in [0.1, 0.15) is 16.5 Å². The number of rotatable bonds is 3. The van der Waals surface area contributed by atoms with Crippen molar-refractivity contribution < 1.29 is 10.0 Å². The average molecular weight is 262 g/mol. The molecule has 18 heavy (non-hydrogen) atoms. The SMILES string of the molecule is Cc1nc(Sc2cccc(O)c2)ccc1[N+](=O)[O-]. The van der Waals surface area contributed by atoms with Crippen LogP contribution in [0.25, 0.3) is 0 Å². The van der Waals surface area contributed by atoms with Gasteiger partial charge in [-0.1, -0.05) is 17.8 Å². The molecule has 0 aliphatic heterocycles. The fraction of sp³-hybridized carbons (Fsp3) is 0.0833.